The fourth-order valence-corrected chi connectivity index (χ4v) is 1.67. The van der Waals surface area contributed by atoms with Crippen molar-refractivity contribution in [2.45, 2.75) is 26.7 Å². The van der Waals surface area contributed by atoms with Crippen LogP contribution in [0.25, 0.3) is 0 Å². The van der Waals surface area contributed by atoms with Gasteiger partial charge in [-0.15, -0.1) is 0 Å². The zero-order valence-electron chi connectivity index (χ0n) is 11.5. The monoisotopic (exact) mass is 264 g/mol. The predicted molar refractivity (Wildman–Crippen MR) is 71.4 cm³/mol. The second-order valence-corrected chi connectivity index (χ2v) is 4.09. The Hall–Kier alpha value is -1.91. The van der Waals surface area contributed by atoms with E-state index in [1.807, 2.05) is 26.0 Å². The molecule has 5 nitrogen and oxygen atoms in total. The van der Waals surface area contributed by atoms with Crippen molar-refractivity contribution in [2.75, 3.05) is 19.7 Å². The average Bonchev–Trinajstić information content (AvgIpc) is 2.45. The molecule has 5 heteroatoms. The number of pyridine rings is 1. The molecule has 0 atom stereocenters. The van der Waals surface area contributed by atoms with Crippen molar-refractivity contribution in [2.24, 2.45) is 0 Å². The van der Waals surface area contributed by atoms with Crippen LogP contribution in [0.15, 0.2) is 24.5 Å². The highest BCUT2D eigenvalue weighted by molar-refractivity contribution is 5.80. The van der Waals surface area contributed by atoms with E-state index < -0.39 is 0 Å². The van der Waals surface area contributed by atoms with Gasteiger partial charge in [-0.05, 0) is 31.9 Å². The quantitative estimate of drug-likeness (QED) is 0.699. The minimum atomic E-state index is -0.357. The van der Waals surface area contributed by atoms with Gasteiger partial charge in [0.2, 0.25) is 0 Å². The molecule has 0 aliphatic heterocycles. The number of hydrogen-bond acceptors (Lipinski definition) is 4. The SMILES string of the molecule is CCN(CC)C(=O)COC(=O)CCc1cccnc1. The van der Waals surface area contributed by atoms with Crippen LogP contribution in [0, 0.1) is 0 Å². The molecule has 0 fully saturated rings. The highest BCUT2D eigenvalue weighted by Crippen LogP contribution is 2.01. The lowest BCUT2D eigenvalue weighted by Gasteiger charge is -2.18. The first-order valence-corrected chi connectivity index (χ1v) is 6.49. The molecule has 0 N–H and O–H groups in total. The first-order chi connectivity index (χ1) is 9.17. The molecule has 0 bridgehead atoms. The maximum absolute atomic E-state index is 11.6. The third kappa shape index (κ3) is 5.50. The van der Waals surface area contributed by atoms with Crippen molar-refractivity contribution in [3.63, 3.8) is 0 Å². The molecule has 0 aliphatic rings. The van der Waals surface area contributed by atoms with Crippen molar-refractivity contribution in [3.8, 4) is 0 Å². The number of amides is 1. The topological polar surface area (TPSA) is 59.5 Å². The van der Waals surface area contributed by atoms with Crippen LogP contribution < -0.4 is 0 Å². The van der Waals surface area contributed by atoms with E-state index >= 15 is 0 Å². The molecule has 1 amide bonds. The van der Waals surface area contributed by atoms with Crippen LogP contribution in [-0.4, -0.2) is 41.5 Å². The van der Waals surface area contributed by atoms with Crippen LogP contribution in [0.5, 0.6) is 0 Å². The van der Waals surface area contributed by atoms with Crippen molar-refractivity contribution >= 4 is 11.9 Å². The number of carbonyl (C=O) groups is 2. The van der Waals surface area contributed by atoms with Crippen molar-refractivity contribution in [3.05, 3.63) is 30.1 Å². The smallest absolute Gasteiger partial charge is 0.306 e. The summed E-state index contributed by atoms with van der Waals surface area (Å²) in [5, 5.41) is 0. The van der Waals surface area contributed by atoms with Crippen LogP contribution in [0.4, 0.5) is 0 Å². The molecule has 19 heavy (non-hydrogen) atoms. The van der Waals surface area contributed by atoms with Crippen LogP contribution in [-0.2, 0) is 20.7 Å². The van der Waals surface area contributed by atoms with Crippen LogP contribution in [0.1, 0.15) is 25.8 Å². The van der Waals surface area contributed by atoms with Crippen LogP contribution in [0.2, 0.25) is 0 Å². The zero-order valence-corrected chi connectivity index (χ0v) is 11.5. The van der Waals surface area contributed by atoms with E-state index in [4.69, 9.17) is 4.74 Å². The van der Waals surface area contributed by atoms with E-state index in [1.54, 1.807) is 17.3 Å². The number of likely N-dealkylation sites (N-methyl/N-ethyl adjacent to an activating group) is 1. The molecule has 1 aromatic heterocycles. The van der Waals surface area contributed by atoms with Gasteiger partial charge in [0.25, 0.3) is 5.91 Å². The van der Waals surface area contributed by atoms with E-state index in [0.717, 1.165) is 5.56 Å². The number of nitrogens with zero attached hydrogens (tertiary/aromatic N) is 2. The Morgan fingerprint density at radius 2 is 2.05 bits per heavy atom. The number of ether oxygens (including phenoxy) is 1. The fourth-order valence-electron chi connectivity index (χ4n) is 1.67. The molecule has 1 aromatic rings. The first-order valence-electron chi connectivity index (χ1n) is 6.49. The molecular weight excluding hydrogens is 244 g/mol. The Labute approximate surface area is 113 Å². The number of aromatic nitrogens is 1. The number of hydrogen-bond donors (Lipinski definition) is 0. The van der Waals surface area contributed by atoms with E-state index in [-0.39, 0.29) is 24.9 Å². The van der Waals surface area contributed by atoms with Gasteiger partial charge in [0.15, 0.2) is 6.61 Å². The van der Waals surface area contributed by atoms with Gasteiger partial charge in [0, 0.05) is 31.9 Å². The van der Waals surface area contributed by atoms with Gasteiger partial charge < -0.3 is 9.64 Å². The van der Waals surface area contributed by atoms with E-state index in [2.05, 4.69) is 4.98 Å². The number of rotatable bonds is 7. The van der Waals surface area contributed by atoms with Crippen LogP contribution >= 0.6 is 0 Å². The summed E-state index contributed by atoms with van der Waals surface area (Å²) >= 11 is 0. The summed E-state index contributed by atoms with van der Waals surface area (Å²) < 4.78 is 4.96. The summed E-state index contributed by atoms with van der Waals surface area (Å²) in [7, 11) is 0. The van der Waals surface area contributed by atoms with Gasteiger partial charge in [0.05, 0.1) is 0 Å². The summed E-state index contributed by atoms with van der Waals surface area (Å²) in [5.74, 6) is -0.510. The van der Waals surface area contributed by atoms with Gasteiger partial charge >= 0.3 is 5.97 Å². The third-order valence-corrected chi connectivity index (χ3v) is 2.81. The molecule has 0 aliphatic carbocycles. The fraction of sp³-hybridized carbons (Fsp3) is 0.500. The summed E-state index contributed by atoms with van der Waals surface area (Å²) in [6, 6.07) is 3.73. The summed E-state index contributed by atoms with van der Waals surface area (Å²) in [4.78, 5) is 28.7. The zero-order chi connectivity index (χ0) is 14.1. The second-order valence-electron chi connectivity index (χ2n) is 4.09. The Bertz CT molecular complexity index is 402. The minimum Gasteiger partial charge on any atom is -0.456 e. The van der Waals surface area contributed by atoms with Gasteiger partial charge in [0.1, 0.15) is 0 Å². The van der Waals surface area contributed by atoms with Crippen molar-refractivity contribution in [1.82, 2.24) is 9.88 Å². The maximum Gasteiger partial charge on any atom is 0.306 e. The normalized spacial score (nSPS) is 10.0. The van der Waals surface area contributed by atoms with Gasteiger partial charge in [-0.1, -0.05) is 6.07 Å². The standard InChI is InChI=1S/C14H20N2O3/c1-3-16(4-2)13(17)11-19-14(18)8-7-12-6-5-9-15-10-12/h5-6,9-10H,3-4,7-8,11H2,1-2H3. The molecule has 0 saturated carbocycles. The van der Waals surface area contributed by atoms with E-state index in [1.165, 1.54) is 0 Å². The Morgan fingerprint density at radius 3 is 2.63 bits per heavy atom. The Kier molecular flexibility index (Phi) is 6.57. The molecule has 104 valence electrons. The number of esters is 1. The number of carbonyl (C=O) groups excluding carboxylic acids is 2. The van der Waals surface area contributed by atoms with Gasteiger partial charge in [-0.3, -0.25) is 14.6 Å². The minimum absolute atomic E-state index is 0.153. The van der Waals surface area contributed by atoms with Crippen molar-refractivity contribution in [1.29, 1.82) is 0 Å². The molecule has 0 spiro atoms. The lowest BCUT2D eigenvalue weighted by atomic mass is 10.2. The van der Waals surface area contributed by atoms with E-state index in [9.17, 15) is 9.59 Å². The predicted octanol–water partition coefficient (Wildman–Crippen LogP) is 1.43. The van der Waals surface area contributed by atoms with Crippen LogP contribution in [0.3, 0.4) is 0 Å². The van der Waals surface area contributed by atoms with Gasteiger partial charge in [-0.25, -0.2) is 0 Å². The molecule has 1 heterocycles. The van der Waals surface area contributed by atoms with Crippen molar-refractivity contribution < 1.29 is 14.3 Å². The van der Waals surface area contributed by atoms with Gasteiger partial charge in [-0.2, -0.15) is 0 Å². The lowest BCUT2D eigenvalue weighted by molar-refractivity contribution is -0.151. The summed E-state index contributed by atoms with van der Waals surface area (Å²) in [6.07, 6.45) is 4.24. The molecule has 0 unspecified atom stereocenters. The molecule has 1 rings (SSSR count). The molecule has 0 aromatic carbocycles. The van der Waals surface area contributed by atoms with E-state index in [0.29, 0.717) is 19.5 Å². The first kappa shape index (κ1) is 15.1. The average molecular weight is 264 g/mol. The Morgan fingerprint density at radius 1 is 1.32 bits per heavy atom. The molecule has 0 radical (unpaired) electrons. The second kappa shape index (κ2) is 8.24. The third-order valence-electron chi connectivity index (χ3n) is 2.81. The maximum atomic E-state index is 11.6. The number of aryl methyl sites for hydroxylation is 1. The molecule has 0 saturated heterocycles. The summed E-state index contributed by atoms with van der Waals surface area (Å²) in [5.41, 5.74) is 0.981. The Balaban J connectivity index is 2.26. The largest absolute Gasteiger partial charge is 0.456 e. The molecular formula is C14H20N2O3. The highest BCUT2D eigenvalue weighted by Gasteiger charge is 2.12. The highest BCUT2D eigenvalue weighted by atomic mass is 16.5. The lowest BCUT2D eigenvalue weighted by Crippen LogP contribution is -2.34. The summed E-state index contributed by atoms with van der Waals surface area (Å²) in [6.45, 7) is 4.87.